The van der Waals surface area contributed by atoms with Gasteiger partial charge in [0.2, 0.25) is 0 Å². The molecule has 0 bridgehead atoms. The Balaban J connectivity index is 1.59. The summed E-state index contributed by atoms with van der Waals surface area (Å²) in [6.07, 6.45) is -3.14. The zero-order valence-corrected chi connectivity index (χ0v) is 16.7. The number of ether oxygens (including phenoxy) is 1. The molecule has 1 aromatic rings. The fourth-order valence-corrected chi connectivity index (χ4v) is 4.58. The van der Waals surface area contributed by atoms with Crippen molar-refractivity contribution in [1.29, 1.82) is 0 Å². The number of cyclic esters (lactones) is 1. The number of nitrogens with one attached hydrogen (secondary N) is 1. The third-order valence-corrected chi connectivity index (χ3v) is 6.79. The van der Waals surface area contributed by atoms with Crippen LogP contribution in [0.3, 0.4) is 0 Å². The third kappa shape index (κ3) is 5.22. The van der Waals surface area contributed by atoms with Crippen molar-refractivity contribution in [3.63, 3.8) is 0 Å². The van der Waals surface area contributed by atoms with Crippen LogP contribution >= 0.6 is 22.8 Å². The van der Waals surface area contributed by atoms with Crippen LogP contribution in [-0.2, 0) is 4.74 Å². The summed E-state index contributed by atoms with van der Waals surface area (Å²) in [6.45, 7) is 1.56. The van der Waals surface area contributed by atoms with E-state index in [0.717, 1.165) is 12.2 Å². The van der Waals surface area contributed by atoms with Crippen LogP contribution < -0.4 is 15.1 Å². The van der Waals surface area contributed by atoms with Gasteiger partial charge in [0.25, 0.3) is 6.43 Å². The monoisotopic (exact) mass is 435 g/mol. The van der Waals surface area contributed by atoms with E-state index in [0.29, 0.717) is 30.2 Å². The molecular formula is C17H23F2N3O4S2. The standard InChI is InChI=1S/C17H23F2N3O4S2/c18-15(19)16(27)20-10-14-11-22(17(23)26-14)13-4-2-12(3-5-13)21-6-1-8-28(24,25)9-7-21/h2-5,14-15,24-25H,1,6-11H2,(H,20,27)/t14-/m0/s1. The van der Waals surface area contributed by atoms with E-state index < -0.39 is 34.2 Å². The first kappa shape index (κ1) is 21.0. The lowest BCUT2D eigenvalue weighted by Crippen LogP contribution is -2.36. The first-order valence-corrected chi connectivity index (χ1v) is 11.2. The molecule has 3 N–H and O–H groups in total. The summed E-state index contributed by atoms with van der Waals surface area (Å²) < 4.78 is 49.8. The quantitative estimate of drug-likeness (QED) is 0.613. The zero-order valence-electron chi connectivity index (χ0n) is 15.1. The number of thiocarbonyl (C=S) groups is 1. The molecule has 1 amide bonds. The van der Waals surface area contributed by atoms with Gasteiger partial charge in [0.15, 0.2) is 0 Å². The SMILES string of the molecule is O=C1O[C@@H](CNC(=S)C(F)F)CN1c1ccc(N2CCCS(O)(O)CC2)cc1. The van der Waals surface area contributed by atoms with E-state index >= 15 is 0 Å². The minimum atomic E-state index is -2.74. The molecule has 1 atom stereocenters. The maximum Gasteiger partial charge on any atom is 0.414 e. The largest absolute Gasteiger partial charge is 0.442 e. The number of alkyl halides is 2. The van der Waals surface area contributed by atoms with Gasteiger partial charge in [0.1, 0.15) is 11.1 Å². The molecule has 1 aromatic carbocycles. The maximum atomic E-state index is 12.4. The predicted octanol–water partition coefficient (Wildman–Crippen LogP) is 3.15. The van der Waals surface area contributed by atoms with Crippen molar-refractivity contribution in [3.05, 3.63) is 24.3 Å². The molecule has 0 unspecified atom stereocenters. The maximum absolute atomic E-state index is 12.4. The average Bonchev–Trinajstić information content (AvgIpc) is 2.92. The van der Waals surface area contributed by atoms with Crippen LogP contribution in [0.1, 0.15) is 6.42 Å². The van der Waals surface area contributed by atoms with Gasteiger partial charge in [-0.15, -0.1) is 0 Å². The Hall–Kier alpha value is -1.69. The molecule has 3 rings (SSSR count). The molecule has 2 aliphatic heterocycles. The molecule has 0 spiro atoms. The number of hydrogen-bond acceptors (Lipinski definition) is 6. The Labute approximate surface area is 169 Å². The van der Waals surface area contributed by atoms with E-state index in [9.17, 15) is 22.7 Å². The number of anilines is 2. The van der Waals surface area contributed by atoms with Crippen molar-refractivity contribution < 1.29 is 27.4 Å². The molecule has 7 nitrogen and oxygen atoms in total. The number of carbonyl (C=O) groups is 1. The lowest BCUT2D eigenvalue weighted by Gasteiger charge is -2.30. The molecule has 11 heteroatoms. The number of rotatable bonds is 5. The van der Waals surface area contributed by atoms with Crippen LogP contribution in [0.2, 0.25) is 0 Å². The Kier molecular flexibility index (Phi) is 6.58. The highest BCUT2D eigenvalue weighted by atomic mass is 32.3. The fourth-order valence-electron chi connectivity index (χ4n) is 3.19. The van der Waals surface area contributed by atoms with Crippen LogP contribution in [0.4, 0.5) is 25.0 Å². The molecular weight excluding hydrogens is 412 g/mol. The van der Waals surface area contributed by atoms with Crippen molar-refractivity contribution in [3.8, 4) is 0 Å². The van der Waals surface area contributed by atoms with Crippen LogP contribution in [-0.4, -0.2) is 70.4 Å². The van der Waals surface area contributed by atoms with E-state index in [1.54, 1.807) is 12.1 Å². The van der Waals surface area contributed by atoms with Crippen LogP contribution in [0.15, 0.2) is 24.3 Å². The Morgan fingerprint density at radius 2 is 1.93 bits per heavy atom. The third-order valence-electron chi connectivity index (χ3n) is 4.69. The Morgan fingerprint density at radius 3 is 2.61 bits per heavy atom. The number of amides is 1. The second-order valence-corrected chi connectivity index (χ2v) is 9.59. The summed E-state index contributed by atoms with van der Waals surface area (Å²) in [4.78, 5) is 15.1. The van der Waals surface area contributed by atoms with Gasteiger partial charge < -0.3 is 15.0 Å². The zero-order chi connectivity index (χ0) is 20.3. The lowest BCUT2D eigenvalue weighted by molar-refractivity contribution is 0.142. The molecule has 0 aliphatic carbocycles. The van der Waals surface area contributed by atoms with Crippen LogP contribution in [0, 0.1) is 0 Å². The normalized spacial score (nSPS) is 23.3. The minimum Gasteiger partial charge on any atom is -0.442 e. The highest BCUT2D eigenvalue weighted by molar-refractivity contribution is 8.24. The van der Waals surface area contributed by atoms with Crippen LogP contribution in [0.5, 0.6) is 0 Å². The summed E-state index contributed by atoms with van der Waals surface area (Å²) in [5.41, 5.74) is 1.58. The Bertz CT molecular complexity index is 721. The summed E-state index contributed by atoms with van der Waals surface area (Å²) >= 11 is 4.52. The smallest absolute Gasteiger partial charge is 0.414 e. The minimum absolute atomic E-state index is 0.0314. The second-order valence-electron chi connectivity index (χ2n) is 6.73. The van der Waals surface area contributed by atoms with Gasteiger partial charge in [0, 0.05) is 30.2 Å². The molecule has 28 heavy (non-hydrogen) atoms. The highest BCUT2D eigenvalue weighted by Gasteiger charge is 2.32. The Morgan fingerprint density at radius 1 is 1.25 bits per heavy atom. The van der Waals surface area contributed by atoms with Gasteiger partial charge in [-0.25, -0.2) is 13.6 Å². The van der Waals surface area contributed by atoms with E-state index in [1.807, 2.05) is 12.1 Å². The van der Waals surface area contributed by atoms with Crippen molar-refractivity contribution in [2.45, 2.75) is 19.0 Å². The van der Waals surface area contributed by atoms with Crippen molar-refractivity contribution in [2.75, 3.05) is 47.5 Å². The van der Waals surface area contributed by atoms with Gasteiger partial charge in [-0.1, -0.05) is 12.2 Å². The summed E-state index contributed by atoms with van der Waals surface area (Å²) in [5, 5.41) is 2.41. The average molecular weight is 436 g/mol. The number of carbonyl (C=O) groups excluding carboxylic acids is 1. The molecule has 2 fully saturated rings. The summed E-state index contributed by atoms with van der Waals surface area (Å²) in [7, 11) is -2.49. The topological polar surface area (TPSA) is 85.3 Å². The molecule has 2 saturated heterocycles. The highest BCUT2D eigenvalue weighted by Crippen LogP contribution is 2.41. The number of nitrogens with zero attached hydrogens (tertiary/aromatic N) is 2. The predicted molar refractivity (Wildman–Crippen MR) is 110 cm³/mol. The number of benzene rings is 1. The lowest BCUT2D eigenvalue weighted by atomic mass is 10.2. The molecule has 2 aliphatic rings. The van der Waals surface area contributed by atoms with E-state index in [-0.39, 0.29) is 13.1 Å². The van der Waals surface area contributed by atoms with Crippen molar-refractivity contribution in [1.82, 2.24) is 5.32 Å². The molecule has 0 aromatic heterocycles. The fraction of sp³-hybridized carbons (Fsp3) is 0.529. The van der Waals surface area contributed by atoms with Crippen LogP contribution in [0.25, 0.3) is 0 Å². The van der Waals surface area contributed by atoms with Gasteiger partial charge in [-0.05, 0) is 30.7 Å². The second kappa shape index (κ2) is 8.76. The van der Waals surface area contributed by atoms with Gasteiger partial charge in [0.05, 0.1) is 18.8 Å². The van der Waals surface area contributed by atoms with E-state index in [2.05, 4.69) is 22.4 Å². The first-order chi connectivity index (χ1) is 13.2. The van der Waals surface area contributed by atoms with Crippen molar-refractivity contribution in [2.24, 2.45) is 0 Å². The first-order valence-electron chi connectivity index (χ1n) is 8.88. The van der Waals surface area contributed by atoms with Crippen molar-refractivity contribution >= 4 is 45.3 Å². The molecule has 0 radical (unpaired) electrons. The molecule has 0 saturated carbocycles. The molecule has 156 valence electrons. The summed E-state index contributed by atoms with van der Waals surface area (Å²) in [6, 6.07) is 7.33. The van der Waals surface area contributed by atoms with Gasteiger partial charge in [-0.2, -0.15) is 10.6 Å². The number of hydrogen-bond donors (Lipinski definition) is 3. The number of halogens is 2. The van der Waals surface area contributed by atoms with Gasteiger partial charge in [-0.3, -0.25) is 14.0 Å². The van der Waals surface area contributed by atoms with E-state index in [4.69, 9.17) is 4.74 Å². The summed E-state index contributed by atoms with van der Waals surface area (Å²) in [5.74, 6) is 0.772. The van der Waals surface area contributed by atoms with E-state index in [1.165, 1.54) is 4.90 Å². The van der Waals surface area contributed by atoms with Gasteiger partial charge >= 0.3 is 6.09 Å². The molecule has 2 heterocycles.